The number of carbonyl (C=O) groups excluding carboxylic acids is 2. The van der Waals surface area contributed by atoms with E-state index >= 15 is 0 Å². The zero-order valence-electron chi connectivity index (χ0n) is 12.3. The van der Waals surface area contributed by atoms with E-state index in [1.54, 1.807) is 6.92 Å². The molecule has 0 heterocycles. The second-order valence-corrected chi connectivity index (χ2v) is 6.54. The van der Waals surface area contributed by atoms with Gasteiger partial charge in [-0.1, -0.05) is 12.1 Å². The highest BCUT2D eigenvalue weighted by molar-refractivity contribution is 8.00. The lowest BCUT2D eigenvalue weighted by atomic mass is 10.2. The third-order valence-corrected chi connectivity index (χ3v) is 4.35. The average molecular weight is 307 g/mol. The van der Waals surface area contributed by atoms with Gasteiger partial charge in [0.1, 0.15) is 0 Å². The maximum Gasteiger partial charge on any atom is 0.321 e. The molecule has 1 atom stereocenters. The zero-order chi connectivity index (χ0) is 15.2. The Labute approximate surface area is 129 Å². The maximum atomic E-state index is 11.8. The number of urea groups is 1. The van der Waals surface area contributed by atoms with Crippen molar-refractivity contribution in [3.05, 3.63) is 29.8 Å². The molecule has 1 aliphatic rings. The van der Waals surface area contributed by atoms with Crippen molar-refractivity contribution in [2.75, 3.05) is 7.05 Å². The van der Waals surface area contributed by atoms with Crippen LogP contribution in [0, 0.1) is 0 Å². The van der Waals surface area contributed by atoms with Gasteiger partial charge in [-0.2, -0.15) is 0 Å². The van der Waals surface area contributed by atoms with Crippen molar-refractivity contribution >= 4 is 23.7 Å². The van der Waals surface area contributed by atoms with Gasteiger partial charge in [-0.3, -0.25) is 10.1 Å². The summed E-state index contributed by atoms with van der Waals surface area (Å²) in [7, 11) is 1.48. The Hall–Kier alpha value is -1.53. The first kappa shape index (κ1) is 15.9. The number of carbonyl (C=O) groups is 2. The molecular weight excluding hydrogens is 286 g/mol. The molecule has 2 rings (SSSR count). The molecule has 1 fully saturated rings. The number of imide groups is 1. The van der Waals surface area contributed by atoms with E-state index in [1.807, 2.05) is 12.1 Å². The van der Waals surface area contributed by atoms with Crippen LogP contribution in [0.1, 0.15) is 25.3 Å². The van der Waals surface area contributed by atoms with Crippen molar-refractivity contribution in [2.24, 2.45) is 0 Å². The Balaban J connectivity index is 1.80. The highest BCUT2D eigenvalue weighted by Gasteiger charge is 2.20. The minimum Gasteiger partial charge on any atom is -0.341 e. The van der Waals surface area contributed by atoms with Crippen LogP contribution in [0.15, 0.2) is 29.2 Å². The fourth-order valence-electron chi connectivity index (χ4n) is 1.77. The van der Waals surface area contributed by atoms with Crippen molar-refractivity contribution < 1.29 is 9.59 Å². The highest BCUT2D eigenvalue weighted by atomic mass is 32.2. The number of hydrogen-bond donors (Lipinski definition) is 3. The van der Waals surface area contributed by atoms with Crippen LogP contribution in [0.2, 0.25) is 0 Å². The zero-order valence-corrected chi connectivity index (χ0v) is 13.1. The van der Waals surface area contributed by atoms with Gasteiger partial charge in [-0.15, -0.1) is 11.8 Å². The quantitative estimate of drug-likeness (QED) is 0.702. The first-order valence-electron chi connectivity index (χ1n) is 7.10. The summed E-state index contributed by atoms with van der Waals surface area (Å²) in [5.41, 5.74) is 1.24. The third kappa shape index (κ3) is 5.40. The van der Waals surface area contributed by atoms with Gasteiger partial charge in [0.05, 0.1) is 5.25 Å². The molecule has 3 amide bonds. The van der Waals surface area contributed by atoms with E-state index in [0.717, 1.165) is 11.4 Å². The SMILES string of the molecule is CNC(=O)NC(=O)C(C)Sc1ccc(CNC2CC2)cc1. The molecule has 1 saturated carbocycles. The standard InChI is InChI=1S/C15H21N3O2S/c1-10(14(19)18-15(20)16-2)21-13-7-3-11(4-8-13)9-17-12-5-6-12/h3-4,7-8,10,12,17H,5-6,9H2,1-2H3,(H2,16,18,19,20). The molecule has 114 valence electrons. The van der Waals surface area contributed by atoms with E-state index in [0.29, 0.717) is 6.04 Å². The van der Waals surface area contributed by atoms with Crippen LogP contribution in [0.5, 0.6) is 0 Å². The van der Waals surface area contributed by atoms with Crippen LogP contribution >= 0.6 is 11.8 Å². The minimum absolute atomic E-state index is 0.293. The number of hydrogen-bond acceptors (Lipinski definition) is 4. The molecule has 0 aromatic heterocycles. The maximum absolute atomic E-state index is 11.8. The van der Waals surface area contributed by atoms with Crippen LogP contribution < -0.4 is 16.0 Å². The predicted molar refractivity (Wildman–Crippen MR) is 84.2 cm³/mol. The van der Waals surface area contributed by atoms with Gasteiger partial charge in [-0.05, 0) is 37.5 Å². The van der Waals surface area contributed by atoms with E-state index in [1.165, 1.54) is 37.2 Å². The van der Waals surface area contributed by atoms with Gasteiger partial charge in [0.15, 0.2) is 0 Å². The number of benzene rings is 1. The molecule has 0 bridgehead atoms. The summed E-state index contributed by atoms with van der Waals surface area (Å²) >= 11 is 1.44. The van der Waals surface area contributed by atoms with Crippen LogP contribution in [-0.2, 0) is 11.3 Å². The van der Waals surface area contributed by atoms with Crippen molar-refractivity contribution in [1.29, 1.82) is 0 Å². The Bertz CT molecular complexity index is 500. The molecule has 0 radical (unpaired) electrons. The second kappa shape index (κ2) is 7.47. The van der Waals surface area contributed by atoms with Crippen LogP contribution in [0.4, 0.5) is 4.79 Å². The summed E-state index contributed by atoms with van der Waals surface area (Å²) in [5, 5.41) is 7.79. The fraction of sp³-hybridized carbons (Fsp3) is 0.467. The Morgan fingerprint density at radius 1 is 1.29 bits per heavy atom. The molecule has 1 aromatic rings. The molecule has 0 aliphatic heterocycles. The highest BCUT2D eigenvalue weighted by Crippen LogP contribution is 2.24. The van der Waals surface area contributed by atoms with E-state index in [-0.39, 0.29) is 11.2 Å². The minimum atomic E-state index is -0.478. The summed E-state index contributed by atoms with van der Waals surface area (Å²) in [6.07, 6.45) is 2.57. The van der Waals surface area contributed by atoms with Crippen molar-refractivity contribution in [3.8, 4) is 0 Å². The normalized spacial score (nSPS) is 15.3. The van der Waals surface area contributed by atoms with Crippen molar-refractivity contribution in [1.82, 2.24) is 16.0 Å². The monoisotopic (exact) mass is 307 g/mol. The van der Waals surface area contributed by atoms with Gasteiger partial charge in [-0.25, -0.2) is 4.79 Å². The van der Waals surface area contributed by atoms with Gasteiger partial charge < -0.3 is 10.6 Å². The molecule has 1 aromatic carbocycles. The number of thioether (sulfide) groups is 1. The molecule has 0 spiro atoms. The van der Waals surface area contributed by atoms with Gasteiger partial charge >= 0.3 is 6.03 Å². The summed E-state index contributed by atoms with van der Waals surface area (Å²) in [6.45, 7) is 2.67. The molecule has 6 heteroatoms. The predicted octanol–water partition coefficient (Wildman–Crippen LogP) is 1.87. The van der Waals surface area contributed by atoms with E-state index in [9.17, 15) is 9.59 Å². The van der Waals surface area contributed by atoms with Crippen LogP contribution in [-0.4, -0.2) is 30.3 Å². The van der Waals surface area contributed by atoms with Gasteiger partial charge in [0.25, 0.3) is 0 Å². The van der Waals surface area contributed by atoms with E-state index in [4.69, 9.17) is 0 Å². The lowest BCUT2D eigenvalue weighted by molar-refractivity contribution is -0.119. The smallest absolute Gasteiger partial charge is 0.321 e. The molecule has 3 N–H and O–H groups in total. The number of rotatable bonds is 6. The summed E-state index contributed by atoms with van der Waals surface area (Å²) < 4.78 is 0. The fourth-order valence-corrected chi connectivity index (χ4v) is 2.64. The molecular formula is C15H21N3O2S. The first-order valence-corrected chi connectivity index (χ1v) is 7.98. The van der Waals surface area contributed by atoms with Crippen molar-refractivity contribution in [3.63, 3.8) is 0 Å². The van der Waals surface area contributed by atoms with E-state index in [2.05, 4.69) is 28.1 Å². The topological polar surface area (TPSA) is 70.2 Å². The third-order valence-electron chi connectivity index (χ3n) is 3.24. The molecule has 1 aliphatic carbocycles. The first-order chi connectivity index (χ1) is 10.1. The number of amides is 3. The van der Waals surface area contributed by atoms with Crippen LogP contribution in [0.25, 0.3) is 0 Å². The summed E-state index contributed by atoms with van der Waals surface area (Å²) in [6, 6.07) is 8.39. The van der Waals surface area contributed by atoms with Gasteiger partial charge in [0, 0.05) is 24.5 Å². The molecule has 5 nitrogen and oxygen atoms in total. The molecule has 1 unspecified atom stereocenters. The van der Waals surface area contributed by atoms with E-state index < -0.39 is 6.03 Å². The lowest BCUT2D eigenvalue weighted by Crippen LogP contribution is -2.41. The lowest BCUT2D eigenvalue weighted by Gasteiger charge is -2.11. The Morgan fingerprint density at radius 3 is 2.52 bits per heavy atom. The summed E-state index contributed by atoms with van der Waals surface area (Å²) in [4.78, 5) is 23.9. The Kier molecular flexibility index (Phi) is 5.64. The van der Waals surface area contributed by atoms with Crippen LogP contribution in [0.3, 0.4) is 0 Å². The molecule has 0 saturated heterocycles. The average Bonchev–Trinajstić information content (AvgIpc) is 3.30. The Morgan fingerprint density at radius 2 is 1.95 bits per heavy atom. The number of nitrogens with one attached hydrogen (secondary N) is 3. The van der Waals surface area contributed by atoms with Gasteiger partial charge in [0.2, 0.25) is 5.91 Å². The second-order valence-electron chi connectivity index (χ2n) is 5.13. The largest absolute Gasteiger partial charge is 0.341 e. The molecule has 21 heavy (non-hydrogen) atoms. The summed E-state index contributed by atoms with van der Waals surface area (Å²) in [5.74, 6) is -0.293. The van der Waals surface area contributed by atoms with Crippen molar-refractivity contribution in [2.45, 2.75) is 42.5 Å².